The molecule has 0 saturated heterocycles. The van der Waals surface area contributed by atoms with Gasteiger partial charge in [-0.05, 0) is 37.0 Å². The molecule has 0 atom stereocenters. The number of nitrogens with two attached hydrogens (primary N) is 1. The number of anilines is 1. The van der Waals surface area contributed by atoms with Gasteiger partial charge in [-0.25, -0.2) is 4.39 Å². The summed E-state index contributed by atoms with van der Waals surface area (Å²) in [4.78, 5) is 11.6. The highest BCUT2D eigenvalue weighted by Gasteiger charge is 2.07. The molecule has 0 aliphatic carbocycles. The Kier molecular flexibility index (Phi) is 4.94. The molecule has 1 aromatic rings. The van der Waals surface area contributed by atoms with Crippen LogP contribution in [-0.2, 0) is 0 Å². The van der Waals surface area contributed by atoms with Crippen molar-refractivity contribution >= 4 is 11.6 Å². The number of benzene rings is 1. The third-order valence-electron chi connectivity index (χ3n) is 2.51. The summed E-state index contributed by atoms with van der Waals surface area (Å²) in [6, 6.07) is 4.08. The third-order valence-corrected chi connectivity index (χ3v) is 2.51. The Morgan fingerprint density at radius 3 is 2.76 bits per heavy atom. The van der Waals surface area contributed by atoms with Crippen molar-refractivity contribution in [1.82, 2.24) is 5.32 Å². The number of amides is 1. The highest BCUT2D eigenvalue weighted by atomic mass is 19.1. The zero-order chi connectivity index (χ0) is 12.8. The molecule has 0 aliphatic rings. The number of nitrogens with one attached hydrogen (secondary N) is 1. The average molecular weight is 238 g/mol. The van der Waals surface area contributed by atoms with E-state index in [1.807, 2.05) is 0 Å². The molecule has 0 bridgehead atoms. The second-order valence-corrected chi connectivity index (χ2v) is 4.53. The molecule has 0 unspecified atom stereocenters. The first-order valence-corrected chi connectivity index (χ1v) is 5.84. The minimum absolute atomic E-state index is 0.0568. The predicted octanol–water partition coefficient (Wildman–Crippen LogP) is 2.57. The van der Waals surface area contributed by atoms with E-state index in [0.717, 1.165) is 18.9 Å². The van der Waals surface area contributed by atoms with Crippen molar-refractivity contribution < 1.29 is 9.18 Å². The number of hydrogen-bond donors (Lipinski definition) is 2. The first-order valence-electron chi connectivity index (χ1n) is 5.84. The number of halogens is 1. The maximum Gasteiger partial charge on any atom is 0.251 e. The first-order chi connectivity index (χ1) is 8.00. The van der Waals surface area contributed by atoms with Crippen molar-refractivity contribution in [2.75, 3.05) is 12.3 Å². The van der Waals surface area contributed by atoms with Crippen molar-refractivity contribution in [3.05, 3.63) is 29.6 Å². The van der Waals surface area contributed by atoms with E-state index in [1.165, 1.54) is 12.1 Å². The number of nitrogen functional groups attached to an aromatic ring is 1. The van der Waals surface area contributed by atoms with Gasteiger partial charge in [-0.3, -0.25) is 4.79 Å². The number of hydrogen-bond acceptors (Lipinski definition) is 2. The Morgan fingerprint density at radius 1 is 1.47 bits per heavy atom. The van der Waals surface area contributed by atoms with Crippen LogP contribution < -0.4 is 11.1 Å². The van der Waals surface area contributed by atoms with E-state index in [1.54, 1.807) is 0 Å². The molecule has 1 amide bonds. The van der Waals surface area contributed by atoms with Gasteiger partial charge in [0.05, 0.1) is 5.69 Å². The van der Waals surface area contributed by atoms with Gasteiger partial charge < -0.3 is 11.1 Å². The summed E-state index contributed by atoms with van der Waals surface area (Å²) in [7, 11) is 0. The van der Waals surface area contributed by atoms with Crippen molar-refractivity contribution in [2.24, 2.45) is 5.92 Å². The van der Waals surface area contributed by atoms with Crippen LogP contribution in [0.2, 0.25) is 0 Å². The summed E-state index contributed by atoms with van der Waals surface area (Å²) in [5.41, 5.74) is 5.70. The van der Waals surface area contributed by atoms with Gasteiger partial charge in [0.2, 0.25) is 0 Å². The van der Waals surface area contributed by atoms with Gasteiger partial charge in [0, 0.05) is 12.1 Å². The summed E-state index contributed by atoms with van der Waals surface area (Å²) >= 11 is 0. The second kappa shape index (κ2) is 6.23. The van der Waals surface area contributed by atoms with Crippen LogP contribution in [0.1, 0.15) is 37.0 Å². The van der Waals surface area contributed by atoms with Gasteiger partial charge in [-0.1, -0.05) is 13.8 Å². The zero-order valence-corrected chi connectivity index (χ0v) is 10.3. The molecule has 0 spiro atoms. The molecule has 1 aromatic carbocycles. The summed E-state index contributed by atoms with van der Waals surface area (Å²) in [5, 5.41) is 2.75. The van der Waals surface area contributed by atoms with Crippen LogP contribution >= 0.6 is 0 Å². The Morgan fingerprint density at radius 2 is 2.18 bits per heavy atom. The predicted molar refractivity (Wildman–Crippen MR) is 67.2 cm³/mol. The lowest BCUT2D eigenvalue weighted by atomic mass is 10.1. The van der Waals surface area contributed by atoms with Gasteiger partial charge in [0.15, 0.2) is 0 Å². The fourth-order valence-corrected chi connectivity index (χ4v) is 1.48. The molecule has 3 nitrogen and oxygen atoms in total. The van der Waals surface area contributed by atoms with Gasteiger partial charge in [0.1, 0.15) is 5.82 Å². The zero-order valence-electron chi connectivity index (χ0n) is 10.3. The molecule has 1 rings (SSSR count). The molecular weight excluding hydrogens is 219 g/mol. The van der Waals surface area contributed by atoms with Gasteiger partial charge in [-0.2, -0.15) is 0 Å². The molecule has 0 aliphatic heterocycles. The second-order valence-electron chi connectivity index (χ2n) is 4.53. The number of carbonyl (C=O) groups is 1. The van der Waals surface area contributed by atoms with Crippen LogP contribution in [0, 0.1) is 11.7 Å². The SMILES string of the molecule is CC(C)CCCNC(=O)c1ccc(N)c(F)c1. The molecule has 4 heteroatoms. The van der Waals surface area contributed by atoms with E-state index in [4.69, 9.17) is 5.73 Å². The summed E-state index contributed by atoms with van der Waals surface area (Å²) in [6.07, 6.45) is 2.00. The highest BCUT2D eigenvalue weighted by Crippen LogP contribution is 2.11. The molecule has 0 aromatic heterocycles. The van der Waals surface area contributed by atoms with Crippen LogP contribution in [0.3, 0.4) is 0 Å². The Labute approximate surface area is 101 Å². The number of carbonyl (C=O) groups excluding carboxylic acids is 1. The van der Waals surface area contributed by atoms with E-state index < -0.39 is 5.82 Å². The summed E-state index contributed by atoms with van der Waals surface area (Å²) in [6.45, 7) is 4.89. The number of rotatable bonds is 5. The highest BCUT2D eigenvalue weighted by molar-refractivity contribution is 5.94. The first kappa shape index (κ1) is 13.5. The van der Waals surface area contributed by atoms with Crippen molar-refractivity contribution in [1.29, 1.82) is 0 Å². The van der Waals surface area contributed by atoms with Gasteiger partial charge in [0.25, 0.3) is 5.91 Å². The average Bonchev–Trinajstić information content (AvgIpc) is 2.27. The topological polar surface area (TPSA) is 55.1 Å². The Hall–Kier alpha value is -1.58. The van der Waals surface area contributed by atoms with Crippen LogP contribution in [0.4, 0.5) is 10.1 Å². The standard InChI is InChI=1S/C13H19FN2O/c1-9(2)4-3-7-16-13(17)10-5-6-12(15)11(14)8-10/h5-6,8-9H,3-4,7,15H2,1-2H3,(H,16,17). The van der Waals surface area contributed by atoms with E-state index in [0.29, 0.717) is 18.0 Å². The smallest absolute Gasteiger partial charge is 0.251 e. The summed E-state index contributed by atoms with van der Waals surface area (Å²) in [5.74, 6) is -0.187. The van der Waals surface area contributed by atoms with E-state index in [2.05, 4.69) is 19.2 Å². The fourth-order valence-electron chi connectivity index (χ4n) is 1.48. The summed E-state index contributed by atoms with van der Waals surface area (Å²) < 4.78 is 13.1. The fraction of sp³-hybridized carbons (Fsp3) is 0.462. The maximum absolute atomic E-state index is 13.1. The van der Waals surface area contributed by atoms with Crippen LogP contribution in [-0.4, -0.2) is 12.5 Å². The van der Waals surface area contributed by atoms with Crippen LogP contribution in [0.25, 0.3) is 0 Å². The van der Waals surface area contributed by atoms with E-state index in [-0.39, 0.29) is 11.6 Å². The van der Waals surface area contributed by atoms with Crippen molar-refractivity contribution in [2.45, 2.75) is 26.7 Å². The molecule has 0 radical (unpaired) electrons. The quantitative estimate of drug-likeness (QED) is 0.612. The van der Waals surface area contributed by atoms with Gasteiger partial charge >= 0.3 is 0 Å². The van der Waals surface area contributed by atoms with Crippen molar-refractivity contribution in [3.63, 3.8) is 0 Å². The minimum Gasteiger partial charge on any atom is -0.396 e. The Balaban J connectivity index is 2.44. The monoisotopic (exact) mass is 238 g/mol. The molecule has 0 saturated carbocycles. The van der Waals surface area contributed by atoms with Crippen LogP contribution in [0.5, 0.6) is 0 Å². The van der Waals surface area contributed by atoms with E-state index >= 15 is 0 Å². The van der Waals surface area contributed by atoms with Crippen LogP contribution in [0.15, 0.2) is 18.2 Å². The minimum atomic E-state index is -0.556. The maximum atomic E-state index is 13.1. The molecule has 94 valence electrons. The van der Waals surface area contributed by atoms with E-state index in [9.17, 15) is 9.18 Å². The molecule has 0 fully saturated rings. The largest absolute Gasteiger partial charge is 0.396 e. The lowest BCUT2D eigenvalue weighted by Gasteiger charge is -2.07. The molecule has 3 N–H and O–H groups in total. The van der Waals surface area contributed by atoms with Crippen molar-refractivity contribution in [3.8, 4) is 0 Å². The van der Waals surface area contributed by atoms with Gasteiger partial charge in [-0.15, -0.1) is 0 Å². The normalized spacial score (nSPS) is 10.6. The molecule has 17 heavy (non-hydrogen) atoms. The third kappa shape index (κ3) is 4.43. The molecular formula is C13H19FN2O. The molecule has 0 heterocycles. The Bertz CT molecular complexity index is 391. The lowest BCUT2D eigenvalue weighted by molar-refractivity contribution is 0.0952. The lowest BCUT2D eigenvalue weighted by Crippen LogP contribution is -2.24.